The zero-order chi connectivity index (χ0) is 17.3. The molecular formula is C16H15F3N2O2S. The van der Waals surface area contributed by atoms with Crippen LogP contribution in [-0.2, 0) is 10.0 Å². The van der Waals surface area contributed by atoms with Gasteiger partial charge in [-0.05, 0) is 42.5 Å². The summed E-state index contributed by atoms with van der Waals surface area (Å²) in [6.07, 6.45) is 0. The van der Waals surface area contributed by atoms with Crippen LogP contribution in [0.5, 0.6) is 0 Å². The van der Waals surface area contributed by atoms with Crippen molar-refractivity contribution in [2.45, 2.75) is 4.90 Å². The van der Waals surface area contributed by atoms with Crippen LogP contribution in [0.4, 0.5) is 18.9 Å². The summed E-state index contributed by atoms with van der Waals surface area (Å²) in [5, 5.41) is 0. The second-order valence-electron chi connectivity index (χ2n) is 5.44. The molecule has 4 nitrogen and oxygen atoms in total. The van der Waals surface area contributed by atoms with Crippen molar-refractivity contribution in [3.63, 3.8) is 0 Å². The normalized spacial score (nSPS) is 16.4. The molecule has 0 spiro atoms. The van der Waals surface area contributed by atoms with Gasteiger partial charge in [0.05, 0.1) is 0 Å². The highest BCUT2D eigenvalue weighted by molar-refractivity contribution is 7.89. The Labute approximate surface area is 138 Å². The molecule has 1 saturated heterocycles. The van der Waals surface area contributed by atoms with Gasteiger partial charge < -0.3 is 4.90 Å². The van der Waals surface area contributed by atoms with Crippen molar-refractivity contribution < 1.29 is 21.6 Å². The van der Waals surface area contributed by atoms with Crippen LogP contribution in [0.1, 0.15) is 0 Å². The molecule has 3 rings (SSSR count). The number of hydrogen-bond acceptors (Lipinski definition) is 3. The summed E-state index contributed by atoms with van der Waals surface area (Å²) in [6.45, 7) is 1.02. The van der Waals surface area contributed by atoms with E-state index in [0.29, 0.717) is 19.2 Å². The second kappa shape index (κ2) is 6.45. The zero-order valence-electron chi connectivity index (χ0n) is 12.6. The monoisotopic (exact) mass is 356 g/mol. The van der Waals surface area contributed by atoms with E-state index in [9.17, 15) is 21.6 Å². The molecule has 0 aromatic heterocycles. The molecule has 0 atom stereocenters. The average Bonchev–Trinajstić information content (AvgIpc) is 2.58. The molecule has 0 amide bonds. The minimum Gasteiger partial charge on any atom is -0.369 e. The first kappa shape index (κ1) is 16.8. The van der Waals surface area contributed by atoms with E-state index < -0.39 is 26.6 Å². The summed E-state index contributed by atoms with van der Waals surface area (Å²) < 4.78 is 66.1. The number of benzene rings is 2. The third-order valence-corrected chi connectivity index (χ3v) is 5.86. The van der Waals surface area contributed by atoms with Crippen LogP contribution in [0, 0.1) is 17.5 Å². The number of hydrogen-bond donors (Lipinski definition) is 0. The average molecular weight is 356 g/mol. The highest BCUT2D eigenvalue weighted by Gasteiger charge is 2.31. The van der Waals surface area contributed by atoms with Crippen molar-refractivity contribution in [2.24, 2.45) is 0 Å². The first-order chi connectivity index (χ1) is 11.4. The van der Waals surface area contributed by atoms with Crippen LogP contribution in [0.25, 0.3) is 0 Å². The molecule has 1 fully saturated rings. The fourth-order valence-corrected chi connectivity index (χ4v) is 4.15. The molecule has 1 heterocycles. The third-order valence-electron chi connectivity index (χ3n) is 3.94. The Bertz CT molecular complexity index is 833. The highest BCUT2D eigenvalue weighted by Crippen LogP contribution is 2.23. The van der Waals surface area contributed by atoms with E-state index in [1.165, 1.54) is 12.1 Å². The molecule has 0 N–H and O–H groups in total. The Morgan fingerprint density at radius 1 is 0.792 bits per heavy atom. The summed E-state index contributed by atoms with van der Waals surface area (Å²) in [4.78, 5) is 1.26. The Kier molecular flexibility index (Phi) is 4.51. The molecule has 1 aliphatic rings. The molecule has 2 aromatic carbocycles. The van der Waals surface area contributed by atoms with E-state index in [1.54, 1.807) is 12.1 Å². The lowest BCUT2D eigenvalue weighted by Gasteiger charge is -2.35. The van der Waals surface area contributed by atoms with Crippen molar-refractivity contribution >= 4 is 15.7 Å². The van der Waals surface area contributed by atoms with E-state index in [-0.39, 0.29) is 18.9 Å². The lowest BCUT2D eigenvalue weighted by atomic mass is 10.2. The van der Waals surface area contributed by atoms with Crippen LogP contribution in [0.2, 0.25) is 0 Å². The van der Waals surface area contributed by atoms with Crippen LogP contribution in [-0.4, -0.2) is 38.9 Å². The Morgan fingerprint density at radius 2 is 1.38 bits per heavy atom. The zero-order valence-corrected chi connectivity index (χ0v) is 13.4. The van der Waals surface area contributed by atoms with Gasteiger partial charge in [-0.3, -0.25) is 0 Å². The summed E-state index contributed by atoms with van der Waals surface area (Å²) in [6, 6.07) is 8.27. The highest BCUT2D eigenvalue weighted by atomic mass is 32.2. The molecule has 0 radical (unpaired) electrons. The van der Waals surface area contributed by atoms with Gasteiger partial charge in [-0.1, -0.05) is 0 Å². The lowest BCUT2D eigenvalue weighted by Crippen LogP contribution is -2.48. The van der Waals surface area contributed by atoms with Crippen molar-refractivity contribution in [1.82, 2.24) is 4.31 Å². The first-order valence-corrected chi connectivity index (χ1v) is 8.77. The molecule has 0 bridgehead atoms. The molecule has 0 unspecified atom stereocenters. The number of nitrogens with zero attached hydrogens (tertiary/aromatic N) is 2. The number of halogens is 3. The largest absolute Gasteiger partial charge is 0.369 e. The smallest absolute Gasteiger partial charge is 0.246 e. The van der Waals surface area contributed by atoms with Crippen molar-refractivity contribution in [3.05, 3.63) is 59.9 Å². The van der Waals surface area contributed by atoms with Gasteiger partial charge in [0.15, 0.2) is 0 Å². The second-order valence-corrected chi connectivity index (χ2v) is 7.35. The number of rotatable bonds is 3. The fraction of sp³-hybridized carbons (Fsp3) is 0.250. The van der Waals surface area contributed by atoms with E-state index >= 15 is 0 Å². The predicted molar refractivity (Wildman–Crippen MR) is 83.7 cm³/mol. The van der Waals surface area contributed by atoms with Crippen molar-refractivity contribution in [3.8, 4) is 0 Å². The topological polar surface area (TPSA) is 40.6 Å². The molecule has 0 saturated carbocycles. The summed E-state index contributed by atoms with van der Waals surface area (Å²) in [5.41, 5.74) is 0.783. The van der Waals surface area contributed by atoms with Gasteiger partial charge in [0, 0.05) is 31.9 Å². The molecular weight excluding hydrogens is 341 g/mol. The summed E-state index contributed by atoms with van der Waals surface area (Å²) in [7, 11) is -4.10. The SMILES string of the molecule is O=S(=O)(c1cc(F)ccc1F)N1CCN(c2ccc(F)cc2)CC1. The Hall–Kier alpha value is -2.06. The minimum absolute atomic E-state index is 0.135. The molecule has 8 heteroatoms. The van der Waals surface area contributed by atoms with Gasteiger partial charge in [-0.25, -0.2) is 21.6 Å². The van der Waals surface area contributed by atoms with Gasteiger partial charge in [0.2, 0.25) is 10.0 Å². The lowest BCUT2D eigenvalue weighted by molar-refractivity contribution is 0.382. The third kappa shape index (κ3) is 3.25. The van der Waals surface area contributed by atoms with E-state index in [0.717, 1.165) is 22.1 Å². The number of piperazine rings is 1. The van der Waals surface area contributed by atoms with Crippen molar-refractivity contribution in [2.75, 3.05) is 31.1 Å². The van der Waals surface area contributed by atoms with E-state index in [1.807, 2.05) is 4.90 Å². The predicted octanol–water partition coefficient (Wildman–Crippen LogP) is 2.61. The molecule has 24 heavy (non-hydrogen) atoms. The van der Waals surface area contributed by atoms with E-state index in [4.69, 9.17) is 0 Å². The van der Waals surface area contributed by atoms with Crippen LogP contribution >= 0.6 is 0 Å². The van der Waals surface area contributed by atoms with Crippen molar-refractivity contribution in [1.29, 1.82) is 0 Å². The molecule has 128 valence electrons. The maximum Gasteiger partial charge on any atom is 0.246 e. The number of anilines is 1. The standard InChI is InChI=1S/C16H15F3N2O2S/c17-12-1-4-14(5-2-12)20-7-9-21(10-8-20)24(22,23)16-11-13(18)3-6-15(16)19/h1-6,11H,7-10H2. The Morgan fingerprint density at radius 3 is 2.00 bits per heavy atom. The first-order valence-electron chi connectivity index (χ1n) is 7.33. The van der Waals surface area contributed by atoms with Crippen LogP contribution < -0.4 is 4.90 Å². The molecule has 2 aromatic rings. The van der Waals surface area contributed by atoms with Gasteiger partial charge in [-0.2, -0.15) is 4.31 Å². The maximum atomic E-state index is 13.8. The van der Waals surface area contributed by atoms with Crippen LogP contribution in [0.3, 0.4) is 0 Å². The van der Waals surface area contributed by atoms with Gasteiger partial charge in [0.25, 0.3) is 0 Å². The summed E-state index contributed by atoms with van der Waals surface area (Å²) >= 11 is 0. The maximum absolute atomic E-state index is 13.8. The minimum atomic E-state index is -4.10. The molecule has 1 aliphatic heterocycles. The van der Waals surface area contributed by atoms with Gasteiger partial charge in [-0.15, -0.1) is 0 Å². The van der Waals surface area contributed by atoms with Gasteiger partial charge >= 0.3 is 0 Å². The van der Waals surface area contributed by atoms with Gasteiger partial charge in [0.1, 0.15) is 22.3 Å². The fourth-order valence-electron chi connectivity index (χ4n) is 2.65. The van der Waals surface area contributed by atoms with Crippen LogP contribution in [0.15, 0.2) is 47.4 Å². The molecule has 0 aliphatic carbocycles. The quantitative estimate of drug-likeness (QED) is 0.849. The van der Waals surface area contributed by atoms with E-state index in [2.05, 4.69) is 0 Å². The number of sulfonamides is 1. The summed E-state index contributed by atoms with van der Waals surface area (Å²) in [5.74, 6) is -2.13. The Balaban J connectivity index is 1.76.